The van der Waals surface area contributed by atoms with Gasteiger partial charge in [0.2, 0.25) is 5.91 Å². The topological polar surface area (TPSA) is 58.8 Å². The molecule has 88 valence electrons. The maximum atomic E-state index is 11.7. The second kappa shape index (κ2) is 6.05. The van der Waals surface area contributed by atoms with Gasteiger partial charge >= 0.3 is 0 Å². The SMILES string of the molecule is CCN(C)C(=O)CN1CCOCC1CN. The van der Waals surface area contributed by atoms with Gasteiger partial charge in [0.05, 0.1) is 19.8 Å². The minimum atomic E-state index is 0.151. The summed E-state index contributed by atoms with van der Waals surface area (Å²) in [6, 6.07) is 0.188. The van der Waals surface area contributed by atoms with Crippen LogP contribution in [0.25, 0.3) is 0 Å². The van der Waals surface area contributed by atoms with E-state index in [0.29, 0.717) is 26.3 Å². The van der Waals surface area contributed by atoms with Crippen molar-refractivity contribution in [2.24, 2.45) is 5.73 Å². The first kappa shape index (κ1) is 12.4. The van der Waals surface area contributed by atoms with Crippen LogP contribution in [0.3, 0.4) is 0 Å². The standard InChI is InChI=1S/C10H21N3O2/c1-3-12(2)10(14)7-13-4-5-15-8-9(13)6-11/h9H,3-8,11H2,1-2H3. The number of amides is 1. The summed E-state index contributed by atoms with van der Waals surface area (Å²) in [4.78, 5) is 15.5. The Balaban J connectivity index is 2.44. The summed E-state index contributed by atoms with van der Waals surface area (Å²) < 4.78 is 5.33. The lowest BCUT2D eigenvalue weighted by atomic mass is 10.2. The van der Waals surface area contributed by atoms with Gasteiger partial charge in [-0.3, -0.25) is 9.69 Å². The van der Waals surface area contributed by atoms with E-state index in [1.54, 1.807) is 4.90 Å². The molecule has 2 N–H and O–H groups in total. The van der Waals surface area contributed by atoms with E-state index in [9.17, 15) is 4.79 Å². The van der Waals surface area contributed by atoms with E-state index in [0.717, 1.165) is 13.1 Å². The number of ether oxygens (including phenoxy) is 1. The fraction of sp³-hybridized carbons (Fsp3) is 0.900. The number of hydrogen-bond acceptors (Lipinski definition) is 4. The van der Waals surface area contributed by atoms with Crippen molar-refractivity contribution in [1.82, 2.24) is 9.80 Å². The molecule has 0 bridgehead atoms. The lowest BCUT2D eigenvalue weighted by Gasteiger charge is -2.35. The van der Waals surface area contributed by atoms with Crippen LogP contribution in [0.5, 0.6) is 0 Å². The van der Waals surface area contributed by atoms with Gasteiger partial charge in [0.1, 0.15) is 0 Å². The van der Waals surface area contributed by atoms with Crippen molar-refractivity contribution in [2.75, 3.05) is 46.4 Å². The minimum absolute atomic E-state index is 0.151. The molecule has 1 amide bonds. The third-order valence-corrected chi connectivity index (χ3v) is 2.86. The smallest absolute Gasteiger partial charge is 0.236 e. The number of nitrogens with two attached hydrogens (primary N) is 1. The van der Waals surface area contributed by atoms with Gasteiger partial charge in [-0.25, -0.2) is 0 Å². The average molecular weight is 215 g/mol. The summed E-state index contributed by atoms with van der Waals surface area (Å²) in [5, 5.41) is 0. The molecule has 1 aliphatic heterocycles. The molecule has 1 atom stereocenters. The van der Waals surface area contributed by atoms with Crippen LogP contribution in [-0.2, 0) is 9.53 Å². The molecule has 0 aliphatic carbocycles. The number of morpholine rings is 1. The van der Waals surface area contributed by atoms with Gasteiger partial charge in [-0.15, -0.1) is 0 Å². The molecular formula is C10H21N3O2. The van der Waals surface area contributed by atoms with Crippen molar-refractivity contribution in [3.05, 3.63) is 0 Å². The summed E-state index contributed by atoms with van der Waals surface area (Å²) in [5.41, 5.74) is 5.63. The van der Waals surface area contributed by atoms with Gasteiger partial charge in [0.15, 0.2) is 0 Å². The molecule has 1 saturated heterocycles. The monoisotopic (exact) mass is 215 g/mol. The van der Waals surface area contributed by atoms with E-state index in [1.807, 2.05) is 14.0 Å². The van der Waals surface area contributed by atoms with E-state index in [4.69, 9.17) is 10.5 Å². The van der Waals surface area contributed by atoms with Gasteiger partial charge < -0.3 is 15.4 Å². The molecule has 15 heavy (non-hydrogen) atoms. The zero-order valence-corrected chi connectivity index (χ0v) is 9.61. The van der Waals surface area contributed by atoms with E-state index < -0.39 is 0 Å². The summed E-state index contributed by atoms with van der Waals surface area (Å²) in [6.07, 6.45) is 0. The molecule has 5 nitrogen and oxygen atoms in total. The molecule has 1 fully saturated rings. The lowest BCUT2D eigenvalue weighted by Crippen LogP contribution is -2.52. The third kappa shape index (κ3) is 3.44. The summed E-state index contributed by atoms with van der Waals surface area (Å²) in [5.74, 6) is 0.151. The van der Waals surface area contributed by atoms with E-state index in [1.165, 1.54) is 0 Å². The number of nitrogens with zero attached hydrogens (tertiary/aromatic N) is 2. The van der Waals surface area contributed by atoms with Crippen LogP contribution in [0.2, 0.25) is 0 Å². The van der Waals surface area contributed by atoms with Crippen LogP contribution in [-0.4, -0.2) is 68.2 Å². The Morgan fingerprint density at radius 3 is 3.00 bits per heavy atom. The van der Waals surface area contributed by atoms with Gasteiger partial charge in [0.25, 0.3) is 0 Å². The maximum Gasteiger partial charge on any atom is 0.236 e. The van der Waals surface area contributed by atoms with Crippen LogP contribution in [0.1, 0.15) is 6.92 Å². The first-order valence-electron chi connectivity index (χ1n) is 5.44. The first-order valence-corrected chi connectivity index (χ1v) is 5.44. The lowest BCUT2D eigenvalue weighted by molar-refractivity contribution is -0.133. The highest BCUT2D eigenvalue weighted by atomic mass is 16.5. The molecule has 1 aliphatic rings. The maximum absolute atomic E-state index is 11.7. The fourth-order valence-corrected chi connectivity index (χ4v) is 1.59. The van der Waals surface area contributed by atoms with Crippen molar-refractivity contribution in [3.63, 3.8) is 0 Å². The zero-order chi connectivity index (χ0) is 11.3. The molecular weight excluding hydrogens is 194 g/mol. The molecule has 5 heteroatoms. The van der Waals surface area contributed by atoms with Crippen molar-refractivity contribution < 1.29 is 9.53 Å². The molecule has 1 rings (SSSR count). The normalized spacial score (nSPS) is 22.7. The predicted molar refractivity (Wildman–Crippen MR) is 58.5 cm³/mol. The molecule has 0 radical (unpaired) electrons. The van der Waals surface area contributed by atoms with E-state index >= 15 is 0 Å². The van der Waals surface area contributed by atoms with Crippen LogP contribution in [0.4, 0.5) is 0 Å². The predicted octanol–water partition coefficient (Wildman–Crippen LogP) is -0.876. The molecule has 0 spiro atoms. The van der Waals surface area contributed by atoms with Crippen LogP contribution in [0, 0.1) is 0 Å². The zero-order valence-electron chi connectivity index (χ0n) is 9.61. The Hall–Kier alpha value is -0.650. The summed E-state index contributed by atoms with van der Waals surface area (Å²) in [7, 11) is 1.82. The van der Waals surface area contributed by atoms with Crippen LogP contribution in [0.15, 0.2) is 0 Å². The number of likely N-dealkylation sites (N-methyl/N-ethyl adjacent to an activating group) is 1. The fourth-order valence-electron chi connectivity index (χ4n) is 1.59. The average Bonchev–Trinajstić information content (AvgIpc) is 2.28. The summed E-state index contributed by atoms with van der Waals surface area (Å²) in [6.45, 7) is 5.84. The quantitative estimate of drug-likeness (QED) is 0.662. The second-order valence-corrected chi connectivity index (χ2v) is 3.84. The van der Waals surface area contributed by atoms with Crippen molar-refractivity contribution >= 4 is 5.91 Å². The van der Waals surface area contributed by atoms with Crippen LogP contribution >= 0.6 is 0 Å². The highest BCUT2D eigenvalue weighted by molar-refractivity contribution is 5.78. The van der Waals surface area contributed by atoms with Crippen molar-refractivity contribution in [1.29, 1.82) is 0 Å². The molecule has 1 unspecified atom stereocenters. The van der Waals surface area contributed by atoms with Gasteiger partial charge in [-0.05, 0) is 6.92 Å². The van der Waals surface area contributed by atoms with E-state index in [2.05, 4.69) is 4.90 Å². The Morgan fingerprint density at radius 2 is 2.40 bits per heavy atom. The van der Waals surface area contributed by atoms with Gasteiger partial charge in [-0.1, -0.05) is 0 Å². The Bertz CT molecular complexity index is 211. The van der Waals surface area contributed by atoms with Gasteiger partial charge in [0, 0.05) is 32.7 Å². The van der Waals surface area contributed by atoms with Crippen molar-refractivity contribution in [2.45, 2.75) is 13.0 Å². The third-order valence-electron chi connectivity index (χ3n) is 2.86. The highest BCUT2D eigenvalue weighted by Crippen LogP contribution is 2.05. The Kier molecular flexibility index (Phi) is 5.01. The second-order valence-electron chi connectivity index (χ2n) is 3.84. The molecule has 0 aromatic rings. The highest BCUT2D eigenvalue weighted by Gasteiger charge is 2.24. The Labute approximate surface area is 91.2 Å². The molecule has 1 heterocycles. The molecule has 0 saturated carbocycles. The molecule has 0 aromatic carbocycles. The van der Waals surface area contributed by atoms with Crippen LogP contribution < -0.4 is 5.73 Å². The number of carbonyl (C=O) groups excluding carboxylic acids is 1. The largest absolute Gasteiger partial charge is 0.378 e. The number of rotatable bonds is 4. The molecule has 0 aromatic heterocycles. The number of hydrogen-bond donors (Lipinski definition) is 1. The first-order chi connectivity index (χ1) is 7.19. The van der Waals surface area contributed by atoms with Gasteiger partial charge in [-0.2, -0.15) is 0 Å². The Morgan fingerprint density at radius 1 is 1.67 bits per heavy atom. The number of carbonyl (C=O) groups is 1. The van der Waals surface area contributed by atoms with Crippen molar-refractivity contribution in [3.8, 4) is 0 Å². The van der Waals surface area contributed by atoms with E-state index in [-0.39, 0.29) is 11.9 Å². The summed E-state index contributed by atoms with van der Waals surface area (Å²) >= 11 is 0. The minimum Gasteiger partial charge on any atom is -0.378 e.